The van der Waals surface area contributed by atoms with Crippen LogP contribution in [0.15, 0.2) is 51.9 Å². The van der Waals surface area contributed by atoms with Crippen molar-refractivity contribution in [3.05, 3.63) is 86.7 Å². The number of hydrogen-bond acceptors (Lipinski definition) is 5. The van der Waals surface area contributed by atoms with Crippen LogP contribution in [-0.2, 0) is 13.0 Å². The number of hydrogen-bond donors (Lipinski definition) is 1. The van der Waals surface area contributed by atoms with E-state index < -0.39 is 0 Å². The summed E-state index contributed by atoms with van der Waals surface area (Å²) in [6, 6.07) is 10.3. The van der Waals surface area contributed by atoms with E-state index in [0.717, 1.165) is 11.1 Å². The number of amides is 2. The zero-order valence-corrected chi connectivity index (χ0v) is 19.9. The van der Waals surface area contributed by atoms with Crippen molar-refractivity contribution in [3.8, 4) is 5.75 Å². The number of carbonyl (C=O) groups is 2. The Kier molecular flexibility index (Phi) is 6.58. The summed E-state index contributed by atoms with van der Waals surface area (Å²) in [7, 11) is 1.44. The molecule has 2 aromatic heterocycles. The highest BCUT2D eigenvalue weighted by molar-refractivity contribution is 5.98. The Labute approximate surface area is 198 Å². The van der Waals surface area contributed by atoms with Crippen LogP contribution < -0.4 is 15.6 Å². The maximum atomic E-state index is 13.3. The van der Waals surface area contributed by atoms with Crippen molar-refractivity contribution in [3.63, 3.8) is 0 Å². The predicted molar refractivity (Wildman–Crippen MR) is 127 cm³/mol. The molecule has 1 aromatic carbocycles. The largest absolute Gasteiger partial charge is 0.496 e. The molecule has 3 aromatic rings. The highest BCUT2D eigenvalue weighted by Crippen LogP contribution is 2.25. The van der Waals surface area contributed by atoms with Crippen LogP contribution in [0.3, 0.4) is 0 Å². The molecule has 2 amide bonds. The number of fused-ring (bicyclic) bond motifs is 1. The third-order valence-corrected chi connectivity index (χ3v) is 6.11. The second-order valence-electron chi connectivity index (χ2n) is 8.65. The number of nitrogens with zero attached hydrogens (tertiary/aromatic N) is 2. The van der Waals surface area contributed by atoms with Crippen molar-refractivity contribution >= 4 is 11.8 Å². The second-order valence-corrected chi connectivity index (χ2v) is 8.65. The lowest BCUT2D eigenvalue weighted by Crippen LogP contribution is -2.34. The Morgan fingerprint density at radius 3 is 2.47 bits per heavy atom. The normalized spacial score (nSPS) is 14.2. The van der Waals surface area contributed by atoms with Gasteiger partial charge in [0, 0.05) is 43.4 Å². The van der Waals surface area contributed by atoms with Crippen LogP contribution in [0.4, 0.5) is 0 Å². The molecule has 0 radical (unpaired) electrons. The Morgan fingerprint density at radius 1 is 1.09 bits per heavy atom. The summed E-state index contributed by atoms with van der Waals surface area (Å²) in [6.45, 7) is 6.79. The maximum absolute atomic E-state index is 13.3. The van der Waals surface area contributed by atoms with Gasteiger partial charge in [-0.2, -0.15) is 0 Å². The standard InChI is InChI=1S/C26H29N3O5/c1-16-12-17(2)14-19(13-16)26(32)28-8-7-20-24(22(33-4)15-23(30)29(20)10-9-28)25(31)27-18(3)21-6-5-11-34-21/h5-6,11-15,18H,7-10H2,1-4H3,(H,27,31). The Hall–Kier alpha value is -3.81. The zero-order chi connectivity index (χ0) is 24.4. The van der Waals surface area contributed by atoms with Crippen LogP contribution in [0.5, 0.6) is 5.75 Å². The van der Waals surface area contributed by atoms with Gasteiger partial charge >= 0.3 is 0 Å². The van der Waals surface area contributed by atoms with Gasteiger partial charge in [0.2, 0.25) is 0 Å². The molecule has 178 valence electrons. The number of ether oxygens (including phenoxy) is 1. The number of aryl methyl sites for hydroxylation is 2. The smallest absolute Gasteiger partial charge is 0.257 e. The van der Waals surface area contributed by atoms with E-state index in [1.807, 2.05) is 39.0 Å². The third kappa shape index (κ3) is 4.62. The van der Waals surface area contributed by atoms with Crippen molar-refractivity contribution in [1.29, 1.82) is 0 Å². The fourth-order valence-electron chi connectivity index (χ4n) is 4.52. The van der Waals surface area contributed by atoms with Crippen molar-refractivity contribution in [2.75, 3.05) is 20.2 Å². The highest BCUT2D eigenvalue weighted by Gasteiger charge is 2.28. The fraction of sp³-hybridized carbons (Fsp3) is 0.346. The Bertz CT molecular complexity index is 1260. The lowest BCUT2D eigenvalue weighted by Gasteiger charge is -2.20. The van der Waals surface area contributed by atoms with Gasteiger partial charge in [-0.25, -0.2) is 0 Å². The lowest BCUT2D eigenvalue weighted by atomic mass is 10.1. The Morgan fingerprint density at radius 2 is 1.82 bits per heavy atom. The van der Waals surface area contributed by atoms with Gasteiger partial charge in [0.15, 0.2) is 0 Å². The summed E-state index contributed by atoms with van der Waals surface area (Å²) < 4.78 is 12.4. The van der Waals surface area contributed by atoms with Gasteiger partial charge in [0.25, 0.3) is 17.4 Å². The van der Waals surface area contributed by atoms with E-state index in [0.29, 0.717) is 48.6 Å². The van der Waals surface area contributed by atoms with Crippen LogP contribution in [-0.4, -0.2) is 41.5 Å². The minimum Gasteiger partial charge on any atom is -0.496 e. The first-order chi connectivity index (χ1) is 16.3. The average Bonchev–Trinajstić information content (AvgIpc) is 3.25. The van der Waals surface area contributed by atoms with Gasteiger partial charge in [-0.1, -0.05) is 17.2 Å². The molecule has 0 fully saturated rings. The molecule has 1 aliphatic rings. The first kappa shape index (κ1) is 23.4. The van der Waals surface area contributed by atoms with Crippen LogP contribution in [0, 0.1) is 13.8 Å². The molecule has 4 rings (SSSR count). The van der Waals surface area contributed by atoms with Gasteiger partial charge in [-0.15, -0.1) is 0 Å². The summed E-state index contributed by atoms with van der Waals surface area (Å²) in [4.78, 5) is 41.1. The first-order valence-corrected chi connectivity index (χ1v) is 11.3. The molecule has 34 heavy (non-hydrogen) atoms. The minimum absolute atomic E-state index is 0.0861. The third-order valence-electron chi connectivity index (χ3n) is 6.11. The van der Waals surface area contributed by atoms with E-state index in [1.165, 1.54) is 13.2 Å². The molecule has 1 unspecified atom stereocenters. The van der Waals surface area contributed by atoms with Crippen LogP contribution in [0.1, 0.15) is 56.3 Å². The van der Waals surface area contributed by atoms with Crippen LogP contribution >= 0.6 is 0 Å². The van der Waals surface area contributed by atoms with Crippen molar-refractivity contribution in [1.82, 2.24) is 14.8 Å². The summed E-state index contributed by atoms with van der Waals surface area (Å²) in [5, 5.41) is 2.93. The molecule has 0 spiro atoms. The van der Waals surface area contributed by atoms with E-state index in [2.05, 4.69) is 5.32 Å². The lowest BCUT2D eigenvalue weighted by molar-refractivity contribution is 0.0758. The quantitative estimate of drug-likeness (QED) is 0.627. The number of carbonyl (C=O) groups excluding carboxylic acids is 2. The predicted octanol–water partition coefficient (Wildman–Crippen LogP) is 3.26. The van der Waals surface area contributed by atoms with E-state index in [4.69, 9.17) is 9.15 Å². The molecule has 1 aliphatic heterocycles. The summed E-state index contributed by atoms with van der Waals surface area (Å²) in [5.41, 5.74) is 3.27. The van der Waals surface area contributed by atoms with E-state index in [1.54, 1.807) is 27.9 Å². The second kappa shape index (κ2) is 9.59. The monoisotopic (exact) mass is 463 g/mol. The number of aromatic nitrogens is 1. The zero-order valence-electron chi connectivity index (χ0n) is 19.9. The molecular weight excluding hydrogens is 434 g/mol. The number of benzene rings is 1. The van der Waals surface area contributed by atoms with Crippen LogP contribution in [0.2, 0.25) is 0 Å². The molecule has 8 heteroatoms. The summed E-state index contributed by atoms with van der Waals surface area (Å²) in [5.74, 6) is 0.391. The van der Waals surface area contributed by atoms with E-state index in [-0.39, 0.29) is 29.2 Å². The molecule has 3 heterocycles. The van der Waals surface area contributed by atoms with Crippen molar-refractivity contribution < 1.29 is 18.7 Å². The highest BCUT2D eigenvalue weighted by atomic mass is 16.5. The van der Waals surface area contributed by atoms with Gasteiger partial charge in [-0.3, -0.25) is 14.4 Å². The van der Waals surface area contributed by atoms with Gasteiger partial charge in [0.05, 0.1) is 19.4 Å². The van der Waals surface area contributed by atoms with Gasteiger partial charge in [0.1, 0.15) is 17.1 Å². The van der Waals surface area contributed by atoms with Gasteiger partial charge in [-0.05, 0) is 45.0 Å². The summed E-state index contributed by atoms with van der Waals surface area (Å²) in [6.07, 6.45) is 1.90. The SMILES string of the molecule is COc1cc(=O)n2c(c1C(=O)NC(C)c1ccco1)CCN(C(=O)c1cc(C)cc(C)c1)CC2. The molecule has 0 aliphatic carbocycles. The molecule has 0 saturated heterocycles. The topological polar surface area (TPSA) is 93.8 Å². The van der Waals surface area contributed by atoms with E-state index >= 15 is 0 Å². The van der Waals surface area contributed by atoms with Crippen molar-refractivity contribution in [2.24, 2.45) is 0 Å². The van der Waals surface area contributed by atoms with Crippen molar-refractivity contribution in [2.45, 2.75) is 39.8 Å². The molecular formula is C26H29N3O5. The fourth-order valence-corrected chi connectivity index (χ4v) is 4.52. The Balaban J connectivity index is 1.64. The van der Waals surface area contributed by atoms with Crippen LogP contribution in [0.25, 0.3) is 0 Å². The average molecular weight is 464 g/mol. The number of pyridine rings is 1. The molecule has 1 atom stereocenters. The van der Waals surface area contributed by atoms with Gasteiger partial charge < -0.3 is 23.9 Å². The maximum Gasteiger partial charge on any atom is 0.257 e. The summed E-state index contributed by atoms with van der Waals surface area (Å²) >= 11 is 0. The number of methoxy groups -OCH3 is 1. The molecule has 8 nitrogen and oxygen atoms in total. The number of nitrogens with one attached hydrogen (secondary N) is 1. The molecule has 0 bridgehead atoms. The molecule has 0 saturated carbocycles. The first-order valence-electron chi connectivity index (χ1n) is 11.3. The number of rotatable bonds is 5. The van der Waals surface area contributed by atoms with E-state index in [9.17, 15) is 14.4 Å². The number of furan rings is 1. The molecule has 1 N–H and O–H groups in total. The minimum atomic E-state index is -0.367.